The summed E-state index contributed by atoms with van der Waals surface area (Å²) >= 11 is 0. The van der Waals surface area contributed by atoms with Gasteiger partial charge in [-0.05, 0) is 26.2 Å². The van der Waals surface area contributed by atoms with Crippen molar-refractivity contribution in [2.24, 2.45) is 13.0 Å². The number of nitrogens with zero attached hydrogens (tertiary/aromatic N) is 2. The van der Waals surface area contributed by atoms with Gasteiger partial charge >= 0.3 is 11.8 Å². The summed E-state index contributed by atoms with van der Waals surface area (Å²) in [6, 6.07) is 0. The van der Waals surface area contributed by atoms with Crippen LogP contribution < -0.4 is 5.69 Å². The van der Waals surface area contributed by atoms with E-state index in [9.17, 15) is 14.0 Å². The zero-order valence-corrected chi connectivity index (χ0v) is 17.0. The van der Waals surface area contributed by atoms with Gasteiger partial charge in [-0.15, -0.1) is 0 Å². The third-order valence-corrected chi connectivity index (χ3v) is 3.09. The lowest BCUT2D eigenvalue weighted by atomic mass is 10.1. The van der Waals surface area contributed by atoms with Crippen LogP contribution in [-0.4, -0.2) is 42.6 Å². The van der Waals surface area contributed by atoms with Crippen LogP contribution in [-0.2, 0) is 21.3 Å². The van der Waals surface area contributed by atoms with E-state index >= 15 is 0 Å². The first-order valence-electron chi connectivity index (χ1n) is 8.71. The lowest BCUT2D eigenvalue weighted by molar-refractivity contribution is 0.0771. The molecule has 1 aromatic heterocycles. The second kappa shape index (κ2) is 16.5. The molecule has 152 valence electrons. The molecule has 26 heavy (non-hydrogen) atoms. The van der Waals surface area contributed by atoms with Gasteiger partial charge in [0, 0.05) is 26.5 Å². The number of methoxy groups -OCH3 is 1. The van der Waals surface area contributed by atoms with E-state index in [2.05, 4.69) is 35.2 Å². The Morgan fingerprint density at radius 2 is 1.96 bits per heavy atom. The summed E-state index contributed by atoms with van der Waals surface area (Å²) in [5.74, 6) is 0.277. The molecule has 0 bridgehead atoms. The summed E-state index contributed by atoms with van der Waals surface area (Å²) in [5, 5.41) is 0. The molecule has 0 aliphatic rings. The first-order valence-corrected chi connectivity index (χ1v) is 8.71. The van der Waals surface area contributed by atoms with Crippen LogP contribution in [0.4, 0.5) is 9.18 Å². The third-order valence-electron chi connectivity index (χ3n) is 3.09. The highest BCUT2D eigenvalue weighted by molar-refractivity contribution is 5.59. The molecule has 0 radical (unpaired) electrons. The molecule has 0 amide bonds. The highest BCUT2D eigenvalue weighted by atomic mass is 19.1. The number of ether oxygens (including phenoxy) is 3. The SMILES string of the molecule is CCCOCC(C)CC.CCOC(=O)OC.Cc1nc(=O)n(C)cc1F. The number of carbonyl (C=O) groups excluding carboxylic acids is 1. The van der Waals surface area contributed by atoms with E-state index in [1.165, 1.54) is 27.5 Å². The van der Waals surface area contributed by atoms with Crippen LogP contribution in [0.25, 0.3) is 0 Å². The molecule has 0 aliphatic heterocycles. The Balaban J connectivity index is 0. The monoisotopic (exact) mass is 376 g/mol. The van der Waals surface area contributed by atoms with Gasteiger partial charge in [-0.25, -0.2) is 14.0 Å². The normalized spacial score (nSPS) is 10.6. The molecule has 0 aliphatic carbocycles. The van der Waals surface area contributed by atoms with E-state index in [1.54, 1.807) is 6.92 Å². The minimum absolute atomic E-state index is 0.142. The van der Waals surface area contributed by atoms with Gasteiger partial charge < -0.3 is 14.2 Å². The average Bonchev–Trinajstić information content (AvgIpc) is 2.61. The first-order chi connectivity index (χ1) is 12.2. The molecule has 0 spiro atoms. The van der Waals surface area contributed by atoms with Crippen molar-refractivity contribution in [2.75, 3.05) is 26.9 Å². The summed E-state index contributed by atoms with van der Waals surface area (Å²) < 4.78 is 27.4. The Hall–Kier alpha value is -1.96. The maximum atomic E-state index is 12.5. The zero-order valence-electron chi connectivity index (χ0n) is 17.0. The first kappa shape index (κ1) is 26.3. The van der Waals surface area contributed by atoms with Gasteiger partial charge in [0.25, 0.3) is 0 Å². The van der Waals surface area contributed by atoms with Gasteiger partial charge in [0.1, 0.15) is 0 Å². The third kappa shape index (κ3) is 14.4. The van der Waals surface area contributed by atoms with Crippen molar-refractivity contribution in [1.29, 1.82) is 0 Å². The molecule has 1 aromatic rings. The van der Waals surface area contributed by atoms with Gasteiger partial charge in [0.15, 0.2) is 5.82 Å². The molecule has 0 N–H and O–H groups in total. The van der Waals surface area contributed by atoms with Crippen LogP contribution in [0.15, 0.2) is 11.0 Å². The fourth-order valence-corrected chi connectivity index (χ4v) is 1.32. The van der Waals surface area contributed by atoms with Gasteiger partial charge in [0.2, 0.25) is 0 Å². The molecule has 0 saturated heterocycles. The Kier molecular flexibility index (Phi) is 16.7. The molecule has 1 heterocycles. The van der Waals surface area contributed by atoms with E-state index in [1.807, 2.05) is 0 Å². The molecule has 1 rings (SSSR count). The number of rotatable bonds is 6. The number of hydrogen-bond acceptors (Lipinski definition) is 6. The molecule has 1 atom stereocenters. The maximum Gasteiger partial charge on any atom is 0.507 e. The summed E-state index contributed by atoms with van der Waals surface area (Å²) in [5.41, 5.74) is -0.290. The van der Waals surface area contributed by atoms with E-state index in [0.29, 0.717) is 6.61 Å². The van der Waals surface area contributed by atoms with Crippen LogP contribution in [0, 0.1) is 18.7 Å². The van der Waals surface area contributed by atoms with Crippen LogP contribution in [0.3, 0.4) is 0 Å². The minimum Gasteiger partial charge on any atom is -0.438 e. The van der Waals surface area contributed by atoms with E-state index in [0.717, 1.165) is 36.3 Å². The van der Waals surface area contributed by atoms with Crippen molar-refractivity contribution >= 4 is 6.16 Å². The summed E-state index contributed by atoms with van der Waals surface area (Å²) in [6.07, 6.45) is 2.85. The fraction of sp³-hybridized carbons (Fsp3) is 0.722. The zero-order chi connectivity index (χ0) is 20.5. The lowest BCUT2D eigenvalue weighted by Gasteiger charge is -2.07. The molecule has 0 fully saturated rings. The van der Waals surface area contributed by atoms with Crippen LogP contribution in [0.5, 0.6) is 0 Å². The number of carbonyl (C=O) groups is 1. The second-order valence-electron chi connectivity index (χ2n) is 5.54. The van der Waals surface area contributed by atoms with Crippen molar-refractivity contribution < 1.29 is 23.4 Å². The minimum atomic E-state index is -0.623. The van der Waals surface area contributed by atoms with Crippen molar-refractivity contribution in [1.82, 2.24) is 9.55 Å². The lowest BCUT2D eigenvalue weighted by Crippen LogP contribution is -2.21. The van der Waals surface area contributed by atoms with Crippen molar-refractivity contribution in [3.63, 3.8) is 0 Å². The highest BCUT2D eigenvalue weighted by Gasteiger charge is 1.99. The van der Waals surface area contributed by atoms with E-state index in [4.69, 9.17) is 4.74 Å². The predicted molar refractivity (Wildman–Crippen MR) is 98.8 cm³/mol. The number of aromatic nitrogens is 2. The molecule has 0 aromatic carbocycles. The largest absolute Gasteiger partial charge is 0.507 e. The molecule has 0 saturated carbocycles. The second-order valence-corrected chi connectivity index (χ2v) is 5.54. The van der Waals surface area contributed by atoms with Gasteiger partial charge in [-0.3, -0.25) is 4.57 Å². The number of aryl methyl sites for hydroxylation is 2. The van der Waals surface area contributed by atoms with Crippen LogP contribution in [0.1, 0.15) is 46.2 Å². The Morgan fingerprint density at radius 3 is 2.35 bits per heavy atom. The Labute approximate surface area is 155 Å². The quantitative estimate of drug-likeness (QED) is 0.559. The standard InChI is InChI=1S/C8H18O.C6H7FN2O.C4H8O3/c1-4-6-9-7-8(3)5-2;1-4-5(7)3-9(2)6(10)8-4;1-3-7-4(5)6-2/h8H,4-7H2,1-3H3;3H,1-2H3;3H2,1-2H3. The fourth-order valence-electron chi connectivity index (χ4n) is 1.32. The van der Waals surface area contributed by atoms with E-state index < -0.39 is 17.7 Å². The summed E-state index contributed by atoms with van der Waals surface area (Å²) in [7, 11) is 2.73. The van der Waals surface area contributed by atoms with Crippen molar-refractivity contribution in [3.05, 3.63) is 28.2 Å². The topological polar surface area (TPSA) is 79.7 Å². The molecule has 7 nitrogen and oxygen atoms in total. The van der Waals surface area contributed by atoms with Gasteiger partial charge in [-0.1, -0.05) is 27.2 Å². The molecule has 1 unspecified atom stereocenters. The summed E-state index contributed by atoms with van der Waals surface area (Å²) in [4.78, 5) is 24.0. The van der Waals surface area contributed by atoms with Crippen molar-refractivity contribution in [3.8, 4) is 0 Å². The predicted octanol–water partition coefficient (Wildman–Crippen LogP) is 3.48. The maximum absolute atomic E-state index is 12.5. The van der Waals surface area contributed by atoms with E-state index in [-0.39, 0.29) is 5.69 Å². The molecular formula is C18H33FN2O5. The molecular weight excluding hydrogens is 343 g/mol. The van der Waals surface area contributed by atoms with Crippen LogP contribution >= 0.6 is 0 Å². The smallest absolute Gasteiger partial charge is 0.438 e. The van der Waals surface area contributed by atoms with Gasteiger partial charge in [0.05, 0.1) is 19.4 Å². The average molecular weight is 376 g/mol. The number of halogens is 1. The van der Waals surface area contributed by atoms with Gasteiger partial charge in [-0.2, -0.15) is 4.98 Å². The number of hydrogen-bond donors (Lipinski definition) is 0. The molecule has 8 heteroatoms. The van der Waals surface area contributed by atoms with Crippen LogP contribution in [0.2, 0.25) is 0 Å². The summed E-state index contributed by atoms with van der Waals surface area (Å²) in [6.45, 7) is 11.9. The Bertz CT molecular complexity index is 549. The Morgan fingerprint density at radius 1 is 1.35 bits per heavy atom. The van der Waals surface area contributed by atoms with Crippen molar-refractivity contribution in [2.45, 2.75) is 47.5 Å². The highest BCUT2D eigenvalue weighted by Crippen LogP contribution is 2.00.